The Balaban J connectivity index is 1.33. The molecule has 3 fully saturated rings. The number of carbonyl (C=O) groups is 2. The number of piperidine rings is 1. The second kappa shape index (κ2) is 7.18. The zero-order chi connectivity index (χ0) is 18.1. The van der Waals surface area contributed by atoms with Gasteiger partial charge in [-0.2, -0.15) is 0 Å². The second-order valence-corrected chi connectivity index (χ2v) is 8.39. The number of hydrogen-bond acceptors (Lipinski definition) is 4. The van der Waals surface area contributed by atoms with E-state index in [4.69, 9.17) is 11.6 Å². The minimum absolute atomic E-state index is 0.0818. The average Bonchev–Trinajstić information content (AvgIpc) is 3.20. The summed E-state index contributed by atoms with van der Waals surface area (Å²) in [5.41, 5.74) is -0.340. The minimum Gasteiger partial charge on any atom is -0.342 e. The van der Waals surface area contributed by atoms with Crippen molar-refractivity contribution in [3.8, 4) is 0 Å². The van der Waals surface area contributed by atoms with Gasteiger partial charge in [-0.1, -0.05) is 6.42 Å². The van der Waals surface area contributed by atoms with Gasteiger partial charge in [0.2, 0.25) is 17.1 Å². The van der Waals surface area contributed by atoms with Crippen LogP contribution in [0.15, 0.2) is 0 Å². The Morgan fingerprint density at radius 3 is 2.81 bits per heavy atom. The lowest BCUT2D eigenvalue weighted by molar-refractivity contribution is -0.147. The molecular formula is C18H26ClN5O2. The summed E-state index contributed by atoms with van der Waals surface area (Å²) in [4.78, 5) is 33.7. The maximum atomic E-state index is 13.1. The van der Waals surface area contributed by atoms with Crippen LogP contribution in [0.4, 0.5) is 0 Å². The van der Waals surface area contributed by atoms with Crippen molar-refractivity contribution in [3.05, 3.63) is 11.1 Å². The van der Waals surface area contributed by atoms with E-state index in [9.17, 15) is 9.59 Å². The van der Waals surface area contributed by atoms with Crippen molar-refractivity contribution in [2.45, 2.75) is 51.4 Å². The number of aromatic nitrogens is 3. The summed E-state index contributed by atoms with van der Waals surface area (Å²) in [5, 5.41) is 6.67. The van der Waals surface area contributed by atoms with E-state index < -0.39 is 0 Å². The summed E-state index contributed by atoms with van der Waals surface area (Å²) >= 11 is 5.69. The van der Waals surface area contributed by atoms with Gasteiger partial charge < -0.3 is 9.80 Å². The van der Waals surface area contributed by atoms with Crippen molar-refractivity contribution in [2.75, 3.05) is 26.2 Å². The van der Waals surface area contributed by atoms with Crippen molar-refractivity contribution in [1.82, 2.24) is 25.0 Å². The fourth-order valence-electron chi connectivity index (χ4n) is 4.54. The lowest BCUT2D eigenvalue weighted by atomic mass is 9.77. The van der Waals surface area contributed by atoms with Crippen LogP contribution < -0.4 is 0 Å². The lowest BCUT2D eigenvalue weighted by Crippen LogP contribution is -2.52. The first-order valence-electron chi connectivity index (χ1n) is 9.70. The third-order valence-electron chi connectivity index (χ3n) is 6.31. The van der Waals surface area contributed by atoms with Gasteiger partial charge in [0.15, 0.2) is 0 Å². The molecule has 3 heterocycles. The number of aryl methyl sites for hydroxylation is 1. The topological polar surface area (TPSA) is 82.2 Å². The number of carbonyl (C=O) groups excluding carboxylic acids is 2. The molecule has 4 rings (SSSR count). The number of nitrogens with zero attached hydrogens (tertiary/aromatic N) is 4. The number of rotatable bonds is 5. The highest BCUT2D eigenvalue weighted by molar-refractivity contribution is 6.28. The Morgan fingerprint density at radius 1 is 1.27 bits per heavy atom. The van der Waals surface area contributed by atoms with Gasteiger partial charge in [0.1, 0.15) is 5.82 Å². The van der Waals surface area contributed by atoms with Crippen molar-refractivity contribution in [1.29, 1.82) is 0 Å². The Hall–Kier alpha value is -1.63. The zero-order valence-corrected chi connectivity index (χ0v) is 15.8. The Labute approximate surface area is 158 Å². The van der Waals surface area contributed by atoms with Gasteiger partial charge in [-0.25, -0.2) is 4.98 Å². The highest BCUT2D eigenvalue weighted by Gasteiger charge is 2.49. The molecule has 8 heteroatoms. The molecule has 1 aromatic heterocycles. The van der Waals surface area contributed by atoms with Crippen molar-refractivity contribution >= 4 is 23.4 Å². The molecule has 1 unspecified atom stereocenters. The molecule has 1 saturated carbocycles. The van der Waals surface area contributed by atoms with E-state index in [0.29, 0.717) is 37.7 Å². The molecule has 2 aliphatic heterocycles. The first-order valence-corrected chi connectivity index (χ1v) is 10.1. The molecule has 3 aliphatic rings. The number of amides is 2. The van der Waals surface area contributed by atoms with Crippen LogP contribution in [0.3, 0.4) is 0 Å². The van der Waals surface area contributed by atoms with Crippen LogP contribution >= 0.6 is 11.6 Å². The molecule has 0 radical (unpaired) electrons. The summed E-state index contributed by atoms with van der Waals surface area (Å²) in [6, 6.07) is 0. The summed E-state index contributed by atoms with van der Waals surface area (Å²) in [6.07, 6.45) is 7.43. The van der Waals surface area contributed by atoms with E-state index in [0.717, 1.165) is 32.4 Å². The van der Waals surface area contributed by atoms with Gasteiger partial charge >= 0.3 is 0 Å². The highest BCUT2D eigenvalue weighted by Crippen LogP contribution is 2.41. The highest BCUT2D eigenvalue weighted by atomic mass is 35.5. The molecule has 0 aromatic carbocycles. The van der Waals surface area contributed by atoms with Crippen molar-refractivity contribution in [3.63, 3.8) is 0 Å². The van der Waals surface area contributed by atoms with E-state index in [-0.39, 0.29) is 22.5 Å². The molecule has 7 nitrogen and oxygen atoms in total. The van der Waals surface area contributed by atoms with Crippen LogP contribution in [0.25, 0.3) is 0 Å². The number of H-pyrrole nitrogens is 1. The van der Waals surface area contributed by atoms with Gasteiger partial charge in [-0.15, -0.1) is 5.10 Å². The average molecular weight is 380 g/mol. The first kappa shape index (κ1) is 17.8. The molecule has 2 saturated heterocycles. The summed E-state index contributed by atoms with van der Waals surface area (Å²) < 4.78 is 0. The molecule has 1 aliphatic carbocycles. The van der Waals surface area contributed by atoms with Gasteiger partial charge in [0.05, 0.1) is 5.41 Å². The number of likely N-dealkylation sites (tertiary alicyclic amines) is 2. The standard InChI is InChI=1S/C18H26ClN5O2/c19-17-20-14(21-22-17)5-6-15(25)24-10-8-18(12-24)7-2-9-23(16(18)26)11-13-3-1-4-13/h13H,1-12H2,(H,20,21,22). The predicted octanol–water partition coefficient (Wildman–Crippen LogP) is 2.03. The zero-order valence-electron chi connectivity index (χ0n) is 15.0. The Kier molecular flexibility index (Phi) is 4.90. The number of hydrogen-bond donors (Lipinski definition) is 1. The summed E-state index contributed by atoms with van der Waals surface area (Å²) in [5.74, 6) is 1.69. The molecule has 1 N–H and O–H groups in total. The van der Waals surface area contributed by atoms with Crippen LogP contribution in [0.2, 0.25) is 5.28 Å². The fourth-order valence-corrected chi connectivity index (χ4v) is 4.69. The van der Waals surface area contributed by atoms with E-state index in [1.165, 1.54) is 19.3 Å². The molecular weight excluding hydrogens is 354 g/mol. The molecule has 1 atom stereocenters. The number of nitrogens with one attached hydrogen (secondary N) is 1. The van der Waals surface area contributed by atoms with E-state index >= 15 is 0 Å². The molecule has 2 amide bonds. The van der Waals surface area contributed by atoms with Gasteiger partial charge in [0, 0.05) is 39.0 Å². The minimum atomic E-state index is -0.340. The maximum Gasteiger partial charge on any atom is 0.242 e. The Bertz CT molecular complexity index is 689. The van der Waals surface area contributed by atoms with Crippen molar-refractivity contribution in [2.24, 2.45) is 11.3 Å². The van der Waals surface area contributed by atoms with E-state index in [1.807, 2.05) is 4.90 Å². The monoisotopic (exact) mass is 379 g/mol. The smallest absolute Gasteiger partial charge is 0.242 e. The van der Waals surface area contributed by atoms with Crippen LogP contribution in [0, 0.1) is 11.3 Å². The van der Waals surface area contributed by atoms with Gasteiger partial charge in [0.25, 0.3) is 0 Å². The molecule has 1 spiro atoms. The predicted molar refractivity (Wildman–Crippen MR) is 96.5 cm³/mol. The van der Waals surface area contributed by atoms with Crippen molar-refractivity contribution < 1.29 is 9.59 Å². The van der Waals surface area contributed by atoms with Crippen LogP contribution in [0.5, 0.6) is 0 Å². The molecule has 0 bridgehead atoms. The molecule has 1 aromatic rings. The molecule has 142 valence electrons. The Morgan fingerprint density at radius 2 is 2.12 bits per heavy atom. The normalized spacial score (nSPS) is 26.6. The van der Waals surface area contributed by atoms with Crippen LogP contribution in [-0.4, -0.2) is 63.0 Å². The molecule has 26 heavy (non-hydrogen) atoms. The summed E-state index contributed by atoms with van der Waals surface area (Å²) in [7, 11) is 0. The largest absolute Gasteiger partial charge is 0.342 e. The van der Waals surface area contributed by atoms with Gasteiger partial charge in [-0.05, 0) is 49.6 Å². The fraction of sp³-hybridized carbons (Fsp3) is 0.778. The quantitative estimate of drug-likeness (QED) is 0.848. The van der Waals surface area contributed by atoms with Crippen LogP contribution in [-0.2, 0) is 16.0 Å². The second-order valence-electron chi connectivity index (χ2n) is 8.05. The maximum absolute atomic E-state index is 13.1. The SMILES string of the molecule is O=C(CCc1nc(Cl)n[nH]1)N1CCC2(CCCN(CC3CCC3)C2=O)C1. The number of halogens is 1. The van der Waals surface area contributed by atoms with E-state index in [2.05, 4.69) is 20.1 Å². The summed E-state index contributed by atoms with van der Waals surface area (Å²) in [6.45, 7) is 3.06. The van der Waals surface area contributed by atoms with E-state index in [1.54, 1.807) is 0 Å². The third-order valence-corrected chi connectivity index (χ3v) is 6.48. The lowest BCUT2D eigenvalue weighted by Gasteiger charge is -2.42. The first-order chi connectivity index (χ1) is 12.6. The van der Waals surface area contributed by atoms with Crippen LogP contribution in [0.1, 0.15) is 50.8 Å². The third kappa shape index (κ3) is 3.46. The van der Waals surface area contributed by atoms with Gasteiger partial charge in [-0.3, -0.25) is 14.7 Å². The number of aromatic amines is 1.